The Morgan fingerprint density at radius 1 is 1.07 bits per heavy atom. The van der Waals surface area contributed by atoms with Crippen LogP contribution < -0.4 is 4.90 Å². The van der Waals surface area contributed by atoms with Gasteiger partial charge in [-0.25, -0.2) is 13.2 Å². The van der Waals surface area contributed by atoms with Gasteiger partial charge in [-0.2, -0.15) is 5.26 Å². The zero-order valence-electron chi connectivity index (χ0n) is 16.5. The maximum absolute atomic E-state index is 12.7. The number of hydrogen-bond donors (Lipinski definition) is 0. The first-order valence-electron chi connectivity index (χ1n) is 8.84. The number of hydrogen-bond acceptors (Lipinski definition) is 6. The van der Waals surface area contributed by atoms with Crippen molar-refractivity contribution in [1.29, 1.82) is 5.26 Å². The van der Waals surface area contributed by atoms with E-state index in [-0.39, 0.29) is 23.4 Å². The van der Waals surface area contributed by atoms with E-state index in [1.165, 1.54) is 29.2 Å². The number of nitrogens with zero attached hydrogens (tertiary/aromatic N) is 2. The molecule has 0 aliphatic heterocycles. The lowest BCUT2D eigenvalue weighted by Crippen LogP contribution is -2.35. The van der Waals surface area contributed by atoms with Gasteiger partial charge < -0.3 is 9.64 Å². The molecule has 7 nitrogen and oxygen atoms in total. The summed E-state index contributed by atoms with van der Waals surface area (Å²) in [6, 6.07) is 12.9. The van der Waals surface area contributed by atoms with Crippen LogP contribution in [0.1, 0.15) is 27.9 Å². The number of carbonyl (C=O) groups is 2. The third kappa shape index (κ3) is 6.16. The van der Waals surface area contributed by atoms with Gasteiger partial charge in [0.1, 0.15) is 0 Å². The van der Waals surface area contributed by atoms with Gasteiger partial charge in [0, 0.05) is 18.5 Å². The summed E-state index contributed by atoms with van der Waals surface area (Å²) in [5.41, 5.74) is 2.71. The Morgan fingerprint density at radius 3 is 2.17 bits per heavy atom. The van der Waals surface area contributed by atoms with Gasteiger partial charge in [0.2, 0.25) is 0 Å². The Kier molecular flexibility index (Phi) is 7.13. The van der Waals surface area contributed by atoms with Crippen LogP contribution in [0.25, 0.3) is 0 Å². The summed E-state index contributed by atoms with van der Waals surface area (Å²) in [5, 5.41) is 8.88. The van der Waals surface area contributed by atoms with Gasteiger partial charge in [0.15, 0.2) is 16.4 Å². The van der Waals surface area contributed by atoms with Crippen LogP contribution in [-0.4, -0.2) is 39.7 Å². The first-order valence-corrected chi connectivity index (χ1v) is 10.7. The molecule has 0 saturated heterocycles. The van der Waals surface area contributed by atoms with Crippen LogP contribution in [0.2, 0.25) is 0 Å². The van der Waals surface area contributed by atoms with Crippen molar-refractivity contribution < 1.29 is 22.7 Å². The number of amides is 1. The number of benzene rings is 2. The normalized spacial score (nSPS) is 10.8. The molecule has 0 saturated carbocycles. The number of ether oxygens (including phenoxy) is 1. The molecule has 29 heavy (non-hydrogen) atoms. The molecule has 152 valence electrons. The summed E-state index contributed by atoms with van der Waals surface area (Å²) < 4.78 is 28.1. The molecule has 0 radical (unpaired) electrons. The van der Waals surface area contributed by atoms with Crippen molar-refractivity contribution in [3.05, 3.63) is 59.2 Å². The molecule has 1 amide bonds. The van der Waals surface area contributed by atoms with Gasteiger partial charge in [-0.15, -0.1) is 0 Å². The fraction of sp³-hybridized carbons (Fsp3) is 0.286. The van der Waals surface area contributed by atoms with E-state index in [2.05, 4.69) is 0 Å². The van der Waals surface area contributed by atoms with Crippen molar-refractivity contribution in [3.63, 3.8) is 0 Å². The van der Waals surface area contributed by atoms with E-state index in [9.17, 15) is 18.0 Å². The van der Waals surface area contributed by atoms with Crippen LogP contribution in [0.15, 0.2) is 47.4 Å². The molecule has 8 heteroatoms. The van der Waals surface area contributed by atoms with Crippen molar-refractivity contribution in [2.24, 2.45) is 0 Å². The average molecular weight is 414 g/mol. The number of rotatable bonds is 7. The molecule has 2 rings (SSSR count). The first-order chi connectivity index (χ1) is 13.6. The van der Waals surface area contributed by atoms with Gasteiger partial charge >= 0.3 is 5.97 Å². The van der Waals surface area contributed by atoms with E-state index in [0.717, 1.165) is 17.4 Å². The molecule has 0 aliphatic carbocycles. The molecule has 0 spiro atoms. The minimum absolute atomic E-state index is 0.0858. The second kappa shape index (κ2) is 9.34. The van der Waals surface area contributed by atoms with Crippen molar-refractivity contribution >= 4 is 27.4 Å². The maximum atomic E-state index is 12.7. The van der Waals surface area contributed by atoms with Crippen LogP contribution in [0.5, 0.6) is 0 Å². The minimum Gasteiger partial charge on any atom is -0.452 e. The maximum Gasteiger partial charge on any atom is 0.338 e. The molecular weight excluding hydrogens is 392 g/mol. The Labute approximate surface area is 170 Å². The second-order valence-electron chi connectivity index (χ2n) is 6.67. The topological polar surface area (TPSA) is 105 Å². The highest BCUT2D eigenvalue weighted by Gasteiger charge is 2.19. The van der Waals surface area contributed by atoms with E-state index >= 15 is 0 Å². The molecule has 0 heterocycles. The van der Waals surface area contributed by atoms with Crippen LogP contribution in [-0.2, 0) is 19.4 Å². The van der Waals surface area contributed by atoms with Crippen molar-refractivity contribution in [2.45, 2.75) is 25.2 Å². The van der Waals surface area contributed by atoms with Gasteiger partial charge in [0.25, 0.3) is 5.91 Å². The molecule has 0 atom stereocenters. The summed E-state index contributed by atoms with van der Waals surface area (Å²) >= 11 is 0. The lowest BCUT2D eigenvalue weighted by atomic mass is 10.1. The molecule has 2 aromatic rings. The van der Waals surface area contributed by atoms with Crippen LogP contribution >= 0.6 is 0 Å². The lowest BCUT2D eigenvalue weighted by Gasteiger charge is -2.22. The Balaban J connectivity index is 2.11. The fourth-order valence-corrected chi connectivity index (χ4v) is 3.42. The predicted molar refractivity (Wildman–Crippen MR) is 108 cm³/mol. The van der Waals surface area contributed by atoms with Gasteiger partial charge in [-0.3, -0.25) is 4.79 Å². The highest BCUT2D eigenvalue weighted by Crippen LogP contribution is 2.20. The summed E-state index contributed by atoms with van der Waals surface area (Å²) in [7, 11) is -3.37. The Morgan fingerprint density at radius 2 is 1.66 bits per heavy atom. The predicted octanol–water partition coefficient (Wildman–Crippen LogP) is 2.81. The van der Waals surface area contributed by atoms with Crippen molar-refractivity contribution in [1.82, 2.24) is 0 Å². The number of sulfone groups is 1. The van der Waals surface area contributed by atoms with E-state index in [4.69, 9.17) is 10.00 Å². The second-order valence-corrected chi connectivity index (χ2v) is 8.69. The molecular formula is C21H22N2O5S. The summed E-state index contributed by atoms with van der Waals surface area (Å²) in [5.74, 6) is -1.19. The Hall–Kier alpha value is -3.18. The number of anilines is 1. The van der Waals surface area contributed by atoms with E-state index < -0.39 is 28.3 Å². The molecule has 0 N–H and O–H groups in total. The van der Waals surface area contributed by atoms with Crippen molar-refractivity contribution in [2.75, 3.05) is 24.3 Å². The van der Waals surface area contributed by atoms with Gasteiger partial charge in [-0.05, 0) is 61.4 Å². The standard InChI is InChI=1S/C21H22N2O5S/c1-15-11-16(2)13-18(12-15)23(10-4-9-22)20(24)14-28-21(25)17-5-7-19(8-6-17)29(3,26)27/h5-8,11-13H,4,10,14H2,1-3H3. The third-order valence-electron chi connectivity index (χ3n) is 4.11. The Bertz CT molecular complexity index is 1030. The van der Waals surface area contributed by atoms with Crippen LogP contribution in [0, 0.1) is 25.2 Å². The third-order valence-corrected chi connectivity index (χ3v) is 5.24. The minimum atomic E-state index is -3.37. The fourth-order valence-electron chi connectivity index (χ4n) is 2.79. The van der Waals surface area contributed by atoms with Crippen LogP contribution in [0.4, 0.5) is 5.69 Å². The van der Waals surface area contributed by atoms with Crippen LogP contribution in [0.3, 0.4) is 0 Å². The number of aryl methyl sites for hydroxylation is 2. The molecule has 0 aromatic heterocycles. The summed E-state index contributed by atoms with van der Waals surface area (Å²) in [6.07, 6.45) is 1.21. The molecule has 0 unspecified atom stereocenters. The zero-order valence-corrected chi connectivity index (χ0v) is 17.3. The monoisotopic (exact) mass is 414 g/mol. The van der Waals surface area contributed by atoms with Gasteiger partial charge in [0.05, 0.1) is 22.9 Å². The zero-order chi connectivity index (χ0) is 21.6. The quantitative estimate of drug-likeness (QED) is 0.645. The SMILES string of the molecule is Cc1cc(C)cc(N(CCC#N)C(=O)COC(=O)c2ccc(S(C)(=O)=O)cc2)c1. The summed E-state index contributed by atoms with van der Waals surface area (Å²) in [6.45, 7) is 3.50. The highest BCUT2D eigenvalue weighted by atomic mass is 32.2. The average Bonchev–Trinajstić information content (AvgIpc) is 2.65. The smallest absolute Gasteiger partial charge is 0.338 e. The van der Waals surface area contributed by atoms with E-state index in [0.29, 0.717) is 5.69 Å². The van der Waals surface area contributed by atoms with Gasteiger partial charge in [-0.1, -0.05) is 6.07 Å². The highest BCUT2D eigenvalue weighted by molar-refractivity contribution is 7.90. The lowest BCUT2D eigenvalue weighted by molar-refractivity contribution is -0.121. The number of carbonyl (C=O) groups excluding carboxylic acids is 2. The number of nitriles is 1. The molecule has 2 aromatic carbocycles. The largest absolute Gasteiger partial charge is 0.452 e. The first kappa shape index (κ1) is 22.1. The van der Waals surface area contributed by atoms with E-state index in [1.54, 1.807) is 0 Å². The molecule has 0 fully saturated rings. The number of esters is 1. The van der Waals surface area contributed by atoms with E-state index in [1.807, 2.05) is 38.1 Å². The van der Waals surface area contributed by atoms with Crippen molar-refractivity contribution in [3.8, 4) is 6.07 Å². The summed E-state index contributed by atoms with van der Waals surface area (Å²) in [4.78, 5) is 26.4. The molecule has 0 bridgehead atoms. The molecule has 0 aliphatic rings.